The van der Waals surface area contributed by atoms with Gasteiger partial charge in [-0.2, -0.15) is 0 Å². The normalized spacial score (nSPS) is 17.1. The Labute approximate surface area is 104 Å². The number of nitrogens with one attached hydrogen (secondary N) is 1. The van der Waals surface area contributed by atoms with Crippen molar-refractivity contribution in [1.29, 1.82) is 0 Å². The fourth-order valence-corrected chi connectivity index (χ4v) is 2.11. The molecule has 0 fully saturated rings. The maximum absolute atomic E-state index is 5.73. The van der Waals surface area contributed by atoms with E-state index >= 15 is 0 Å². The van der Waals surface area contributed by atoms with Crippen molar-refractivity contribution >= 4 is 0 Å². The Morgan fingerprint density at radius 3 is 2.59 bits per heavy atom. The number of aryl methyl sites for hydroxylation is 1. The topological polar surface area (TPSA) is 59.1 Å². The molecule has 1 heterocycles. The van der Waals surface area contributed by atoms with Crippen LogP contribution < -0.4 is 11.3 Å². The molecule has 5 heteroatoms. The number of hydrazine groups is 1. The second kappa shape index (κ2) is 5.62. The molecule has 0 spiro atoms. The van der Waals surface area contributed by atoms with Gasteiger partial charge >= 0.3 is 0 Å². The van der Waals surface area contributed by atoms with Gasteiger partial charge in [-0.15, -0.1) is 0 Å². The van der Waals surface area contributed by atoms with Crippen LogP contribution in [0.4, 0.5) is 0 Å². The lowest BCUT2D eigenvalue weighted by Gasteiger charge is -2.42. The first-order valence-electron chi connectivity index (χ1n) is 6.05. The standard InChI is InChI=1S/C12H25N5/c1-6-12(2,16(3)4)10(15-13)9-11-14-7-8-17(11)5/h7-8,10,15H,6,9,13H2,1-5H3. The average molecular weight is 239 g/mol. The molecule has 0 aromatic carbocycles. The fraction of sp³-hybridized carbons (Fsp3) is 0.750. The summed E-state index contributed by atoms with van der Waals surface area (Å²) in [5.74, 6) is 6.78. The molecule has 0 aliphatic carbocycles. The van der Waals surface area contributed by atoms with E-state index in [1.54, 1.807) is 0 Å². The lowest BCUT2D eigenvalue weighted by Crippen LogP contribution is -2.59. The van der Waals surface area contributed by atoms with Crippen LogP contribution in [0.1, 0.15) is 26.1 Å². The summed E-state index contributed by atoms with van der Waals surface area (Å²) in [7, 11) is 6.19. The predicted molar refractivity (Wildman–Crippen MR) is 70.4 cm³/mol. The van der Waals surface area contributed by atoms with Gasteiger partial charge in [0.2, 0.25) is 0 Å². The van der Waals surface area contributed by atoms with E-state index in [1.807, 2.05) is 24.0 Å². The molecule has 1 aromatic rings. The zero-order valence-electron chi connectivity index (χ0n) is 11.6. The van der Waals surface area contributed by atoms with Gasteiger partial charge in [0.15, 0.2) is 0 Å². The van der Waals surface area contributed by atoms with Gasteiger partial charge in [0.25, 0.3) is 0 Å². The van der Waals surface area contributed by atoms with Crippen molar-refractivity contribution in [1.82, 2.24) is 19.9 Å². The van der Waals surface area contributed by atoms with E-state index in [1.165, 1.54) is 0 Å². The molecule has 0 radical (unpaired) electrons. The van der Waals surface area contributed by atoms with E-state index < -0.39 is 0 Å². The number of likely N-dealkylation sites (N-methyl/N-ethyl adjacent to an activating group) is 1. The van der Waals surface area contributed by atoms with Gasteiger partial charge in [0.1, 0.15) is 5.82 Å². The highest BCUT2D eigenvalue weighted by Gasteiger charge is 2.34. The first-order valence-corrected chi connectivity index (χ1v) is 6.05. The third kappa shape index (κ3) is 2.86. The lowest BCUT2D eigenvalue weighted by atomic mass is 9.86. The zero-order chi connectivity index (χ0) is 13.1. The molecule has 3 N–H and O–H groups in total. The van der Waals surface area contributed by atoms with Crippen molar-refractivity contribution in [3.63, 3.8) is 0 Å². The number of imidazole rings is 1. The molecule has 0 amide bonds. The van der Waals surface area contributed by atoms with E-state index in [0.29, 0.717) is 0 Å². The Bertz CT molecular complexity index is 346. The molecule has 1 rings (SSSR count). The van der Waals surface area contributed by atoms with Crippen LogP contribution in [0.5, 0.6) is 0 Å². The summed E-state index contributed by atoms with van der Waals surface area (Å²) in [6.07, 6.45) is 5.63. The number of hydrogen-bond acceptors (Lipinski definition) is 4. The molecule has 0 aliphatic rings. The highest BCUT2D eigenvalue weighted by atomic mass is 15.3. The second-order valence-corrected chi connectivity index (χ2v) is 4.98. The average Bonchev–Trinajstić information content (AvgIpc) is 2.70. The Morgan fingerprint density at radius 2 is 2.24 bits per heavy atom. The molecule has 98 valence electrons. The molecule has 17 heavy (non-hydrogen) atoms. The van der Waals surface area contributed by atoms with Crippen molar-refractivity contribution in [2.24, 2.45) is 12.9 Å². The molecule has 0 bridgehead atoms. The van der Waals surface area contributed by atoms with Crippen molar-refractivity contribution in [2.75, 3.05) is 14.1 Å². The quantitative estimate of drug-likeness (QED) is 0.561. The Hall–Kier alpha value is -0.910. The summed E-state index contributed by atoms with van der Waals surface area (Å²) in [5.41, 5.74) is 2.96. The fourth-order valence-electron chi connectivity index (χ4n) is 2.11. The van der Waals surface area contributed by atoms with Crippen LogP contribution in [0.15, 0.2) is 12.4 Å². The minimum atomic E-state index is 0.0146. The Kier molecular flexibility index (Phi) is 4.68. The molecule has 0 aliphatic heterocycles. The summed E-state index contributed by atoms with van der Waals surface area (Å²) in [6, 6.07) is 0.170. The third-order valence-electron chi connectivity index (χ3n) is 4.00. The highest BCUT2D eigenvalue weighted by molar-refractivity contribution is 5.02. The molecular formula is C12H25N5. The van der Waals surface area contributed by atoms with Crippen LogP contribution >= 0.6 is 0 Å². The van der Waals surface area contributed by atoms with Gasteiger partial charge in [0.05, 0.1) is 0 Å². The highest BCUT2D eigenvalue weighted by Crippen LogP contribution is 2.22. The van der Waals surface area contributed by atoms with Crippen molar-refractivity contribution in [3.8, 4) is 0 Å². The summed E-state index contributed by atoms with van der Waals surface area (Å²) in [6.45, 7) is 4.41. The van der Waals surface area contributed by atoms with Crippen LogP contribution in [-0.4, -0.2) is 40.1 Å². The Morgan fingerprint density at radius 1 is 1.59 bits per heavy atom. The summed E-state index contributed by atoms with van der Waals surface area (Å²) in [4.78, 5) is 6.58. The molecule has 0 saturated heterocycles. The van der Waals surface area contributed by atoms with E-state index in [9.17, 15) is 0 Å². The van der Waals surface area contributed by atoms with Gasteiger partial charge < -0.3 is 9.47 Å². The van der Waals surface area contributed by atoms with Crippen LogP contribution in [0, 0.1) is 0 Å². The largest absolute Gasteiger partial charge is 0.338 e. The maximum atomic E-state index is 5.73. The summed E-state index contributed by atoms with van der Waals surface area (Å²) >= 11 is 0. The van der Waals surface area contributed by atoms with Crippen molar-refractivity contribution in [3.05, 3.63) is 18.2 Å². The molecule has 5 nitrogen and oxygen atoms in total. The molecular weight excluding hydrogens is 214 g/mol. The van der Waals surface area contributed by atoms with Crippen LogP contribution in [0.3, 0.4) is 0 Å². The SMILES string of the molecule is CCC(C)(C(Cc1nccn1C)NN)N(C)C. The minimum Gasteiger partial charge on any atom is -0.338 e. The Balaban J connectivity index is 2.88. The summed E-state index contributed by atoms with van der Waals surface area (Å²) in [5, 5.41) is 0. The molecule has 2 unspecified atom stereocenters. The van der Waals surface area contributed by atoms with Gasteiger partial charge in [-0.3, -0.25) is 11.3 Å². The van der Waals surface area contributed by atoms with E-state index in [0.717, 1.165) is 18.7 Å². The van der Waals surface area contributed by atoms with Gasteiger partial charge in [-0.05, 0) is 27.4 Å². The molecule has 0 saturated carbocycles. The lowest BCUT2D eigenvalue weighted by molar-refractivity contribution is 0.111. The number of nitrogens with two attached hydrogens (primary N) is 1. The number of rotatable bonds is 6. The first-order chi connectivity index (χ1) is 7.95. The van der Waals surface area contributed by atoms with Gasteiger partial charge in [-0.1, -0.05) is 6.92 Å². The minimum absolute atomic E-state index is 0.0146. The molecule has 1 aromatic heterocycles. The van der Waals surface area contributed by atoms with Crippen LogP contribution in [0.2, 0.25) is 0 Å². The maximum Gasteiger partial charge on any atom is 0.110 e. The summed E-state index contributed by atoms with van der Waals surface area (Å²) < 4.78 is 2.04. The molecule has 2 atom stereocenters. The second-order valence-electron chi connectivity index (χ2n) is 4.98. The smallest absolute Gasteiger partial charge is 0.110 e. The van der Waals surface area contributed by atoms with E-state index in [2.05, 4.69) is 43.3 Å². The van der Waals surface area contributed by atoms with Crippen LogP contribution in [0.25, 0.3) is 0 Å². The number of aromatic nitrogens is 2. The van der Waals surface area contributed by atoms with Gasteiger partial charge in [0, 0.05) is 37.4 Å². The third-order valence-corrected chi connectivity index (χ3v) is 4.00. The van der Waals surface area contributed by atoms with Crippen LogP contribution in [-0.2, 0) is 13.5 Å². The first kappa shape index (κ1) is 14.2. The van der Waals surface area contributed by atoms with Gasteiger partial charge in [-0.25, -0.2) is 4.98 Å². The van der Waals surface area contributed by atoms with E-state index in [4.69, 9.17) is 5.84 Å². The number of nitrogens with zero attached hydrogens (tertiary/aromatic N) is 3. The predicted octanol–water partition coefficient (Wildman–Crippen LogP) is 0.525. The van der Waals surface area contributed by atoms with Crippen molar-refractivity contribution in [2.45, 2.75) is 38.3 Å². The van der Waals surface area contributed by atoms with Crippen molar-refractivity contribution < 1.29 is 0 Å². The number of hydrogen-bond donors (Lipinski definition) is 2. The zero-order valence-corrected chi connectivity index (χ0v) is 11.6. The van der Waals surface area contributed by atoms with E-state index in [-0.39, 0.29) is 11.6 Å². The monoisotopic (exact) mass is 239 g/mol.